The van der Waals surface area contributed by atoms with Gasteiger partial charge >= 0.3 is 0 Å². The molecule has 3 aromatic carbocycles. The molecular formula is C28H27N5O3. The minimum Gasteiger partial charge on any atom is -0.493 e. The normalized spacial score (nSPS) is 11.1. The highest BCUT2D eigenvalue weighted by Gasteiger charge is 2.17. The molecule has 0 amide bonds. The molecule has 0 bridgehead atoms. The predicted octanol–water partition coefficient (Wildman–Crippen LogP) is 5.24. The zero-order valence-corrected chi connectivity index (χ0v) is 20.5. The lowest BCUT2D eigenvalue weighted by Crippen LogP contribution is -2.17. The third-order valence-corrected chi connectivity index (χ3v) is 5.81. The largest absolute Gasteiger partial charge is 0.493 e. The van der Waals surface area contributed by atoms with E-state index in [9.17, 15) is 0 Å². The number of para-hydroxylation sites is 1. The van der Waals surface area contributed by atoms with E-state index in [0.717, 1.165) is 28.1 Å². The number of hydrogen-bond donors (Lipinski definition) is 0. The van der Waals surface area contributed by atoms with Crippen LogP contribution in [0.3, 0.4) is 0 Å². The van der Waals surface area contributed by atoms with Gasteiger partial charge in [0.15, 0.2) is 11.5 Å². The van der Waals surface area contributed by atoms with Gasteiger partial charge in [0, 0.05) is 29.4 Å². The Labute approximate surface area is 209 Å². The van der Waals surface area contributed by atoms with Crippen molar-refractivity contribution >= 4 is 0 Å². The van der Waals surface area contributed by atoms with Gasteiger partial charge < -0.3 is 14.0 Å². The van der Waals surface area contributed by atoms with Crippen LogP contribution in [-0.4, -0.2) is 46.1 Å². The number of methoxy groups -OCH3 is 2. The second kappa shape index (κ2) is 10.5. The molecule has 0 aliphatic heterocycles. The molecule has 36 heavy (non-hydrogen) atoms. The molecule has 0 fully saturated rings. The number of nitrogens with zero attached hydrogens (tertiary/aromatic N) is 5. The van der Waals surface area contributed by atoms with Gasteiger partial charge in [-0.25, -0.2) is 4.68 Å². The Kier molecular flexibility index (Phi) is 6.77. The fraction of sp³-hybridized carbons (Fsp3) is 0.179. The number of hydrogen-bond acceptors (Lipinski definition) is 7. The fourth-order valence-electron chi connectivity index (χ4n) is 4.07. The molecule has 0 spiro atoms. The molecule has 0 saturated heterocycles. The van der Waals surface area contributed by atoms with Gasteiger partial charge in [0.1, 0.15) is 0 Å². The Bertz CT molecular complexity index is 1430. The van der Waals surface area contributed by atoms with Crippen molar-refractivity contribution < 1.29 is 14.0 Å². The van der Waals surface area contributed by atoms with Crippen molar-refractivity contribution in [1.29, 1.82) is 0 Å². The summed E-state index contributed by atoms with van der Waals surface area (Å²) in [5.41, 5.74) is 4.93. The van der Waals surface area contributed by atoms with E-state index >= 15 is 0 Å². The molecule has 0 unspecified atom stereocenters. The molecule has 8 nitrogen and oxygen atoms in total. The van der Waals surface area contributed by atoms with Gasteiger partial charge in [-0.15, -0.1) is 0 Å². The van der Waals surface area contributed by atoms with Crippen LogP contribution in [0.15, 0.2) is 89.6 Å². The molecular weight excluding hydrogens is 454 g/mol. The van der Waals surface area contributed by atoms with Crippen LogP contribution in [0.25, 0.3) is 28.3 Å². The highest BCUT2D eigenvalue weighted by molar-refractivity contribution is 5.63. The second-order valence-corrected chi connectivity index (χ2v) is 8.40. The molecule has 8 heteroatoms. The summed E-state index contributed by atoms with van der Waals surface area (Å²) in [6.07, 6.45) is 2.08. The second-order valence-electron chi connectivity index (χ2n) is 8.40. The van der Waals surface area contributed by atoms with Crippen molar-refractivity contribution in [3.05, 3.63) is 96.5 Å². The topological polar surface area (TPSA) is 78.4 Å². The van der Waals surface area contributed by atoms with E-state index in [1.165, 1.54) is 0 Å². The highest BCUT2D eigenvalue weighted by atomic mass is 16.5. The number of benzene rings is 3. The summed E-state index contributed by atoms with van der Waals surface area (Å²) in [6.45, 7) is 1.15. The molecule has 0 N–H and O–H groups in total. The first-order valence-electron chi connectivity index (χ1n) is 11.6. The summed E-state index contributed by atoms with van der Waals surface area (Å²) >= 11 is 0. The summed E-state index contributed by atoms with van der Waals surface area (Å²) in [5, 5.41) is 9.06. The van der Waals surface area contributed by atoms with Crippen molar-refractivity contribution in [2.45, 2.75) is 13.1 Å². The van der Waals surface area contributed by atoms with E-state index < -0.39 is 0 Å². The first-order valence-corrected chi connectivity index (χ1v) is 11.6. The smallest absolute Gasteiger partial charge is 0.241 e. The van der Waals surface area contributed by atoms with Gasteiger partial charge in [-0.1, -0.05) is 53.7 Å². The van der Waals surface area contributed by atoms with Crippen molar-refractivity contribution in [2.75, 3.05) is 21.3 Å². The minimum absolute atomic E-state index is 0.491. The number of aromatic nitrogens is 4. The summed E-state index contributed by atoms with van der Waals surface area (Å²) in [6, 6.07) is 25.9. The SMILES string of the molecule is COc1ccc(-c2noc(CN(C)Cc3cn(-c4ccccc4)nc3-c3ccccc3)n2)cc1OC. The van der Waals surface area contributed by atoms with E-state index in [1.807, 2.05) is 78.5 Å². The van der Waals surface area contributed by atoms with Crippen LogP contribution in [-0.2, 0) is 13.1 Å². The zero-order valence-electron chi connectivity index (χ0n) is 20.5. The third-order valence-electron chi connectivity index (χ3n) is 5.81. The molecule has 0 radical (unpaired) electrons. The average molecular weight is 482 g/mol. The van der Waals surface area contributed by atoms with Crippen LogP contribution < -0.4 is 9.47 Å². The number of ether oxygens (including phenoxy) is 2. The average Bonchev–Trinajstić information content (AvgIpc) is 3.56. The molecule has 5 aromatic rings. The predicted molar refractivity (Wildman–Crippen MR) is 137 cm³/mol. The molecule has 0 aliphatic carbocycles. The van der Waals surface area contributed by atoms with E-state index in [1.54, 1.807) is 14.2 Å². The molecule has 2 aromatic heterocycles. The van der Waals surface area contributed by atoms with Gasteiger partial charge in [-0.05, 0) is 37.4 Å². The van der Waals surface area contributed by atoms with Crippen molar-refractivity contribution in [2.24, 2.45) is 0 Å². The van der Waals surface area contributed by atoms with Crippen LogP contribution in [0.2, 0.25) is 0 Å². The van der Waals surface area contributed by atoms with E-state index in [4.69, 9.17) is 19.1 Å². The summed E-state index contributed by atoms with van der Waals surface area (Å²) < 4.78 is 18.2. The zero-order chi connectivity index (χ0) is 24.9. The van der Waals surface area contributed by atoms with Crippen molar-refractivity contribution in [3.63, 3.8) is 0 Å². The maximum Gasteiger partial charge on any atom is 0.241 e. The van der Waals surface area contributed by atoms with Gasteiger partial charge in [0.05, 0.1) is 32.1 Å². The standard InChI is InChI=1S/C28H27N5O3/c1-32(19-26-29-28(31-36-26)21-14-15-24(34-2)25(16-21)35-3)17-22-18-33(23-12-8-5-9-13-23)30-27(22)20-10-6-4-7-11-20/h4-16,18H,17,19H2,1-3H3. The first-order chi connectivity index (χ1) is 17.6. The monoisotopic (exact) mass is 481 g/mol. The van der Waals surface area contributed by atoms with Crippen LogP contribution in [0.1, 0.15) is 11.5 Å². The van der Waals surface area contributed by atoms with Crippen LogP contribution >= 0.6 is 0 Å². The van der Waals surface area contributed by atoms with Gasteiger partial charge in [-0.2, -0.15) is 10.1 Å². The Morgan fingerprint density at radius 3 is 2.28 bits per heavy atom. The molecule has 5 rings (SSSR count). The summed E-state index contributed by atoms with van der Waals surface area (Å²) in [4.78, 5) is 6.72. The maximum atomic E-state index is 5.55. The number of rotatable bonds is 9. The molecule has 182 valence electrons. The third kappa shape index (κ3) is 4.99. The van der Waals surface area contributed by atoms with Gasteiger partial charge in [0.2, 0.25) is 11.7 Å². The van der Waals surface area contributed by atoms with Gasteiger partial charge in [-0.3, -0.25) is 4.90 Å². The van der Waals surface area contributed by atoms with Crippen LogP contribution in [0.5, 0.6) is 11.5 Å². The maximum absolute atomic E-state index is 5.55. The molecule has 2 heterocycles. The van der Waals surface area contributed by atoms with Gasteiger partial charge in [0.25, 0.3) is 0 Å². The fourth-order valence-corrected chi connectivity index (χ4v) is 4.07. The van der Waals surface area contributed by atoms with Crippen LogP contribution in [0, 0.1) is 0 Å². The van der Waals surface area contributed by atoms with Crippen molar-refractivity contribution in [1.82, 2.24) is 24.8 Å². The Morgan fingerprint density at radius 2 is 1.56 bits per heavy atom. The van der Waals surface area contributed by atoms with E-state index in [-0.39, 0.29) is 0 Å². The lowest BCUT2D eigenvalue weighted by Gasteiger charge is -2.14. The molecule has 0 atom stereocenters. The highest BCUT2D eigenvalue weighted by Crippen LogP contribution is 2.31. The summed E-state index contributed by atoms with van der Waals surface area (Å²) in [7, 11) is 5.23. The quantitative estimate of drug-likeness (QED) is 0.285. The van der Waals surface area contributed by atoms with Crippen LogP contribution in [0.4, 0.5) is 0 Å². The Balaban J connectivity index is 1.36. The van der Waals surface area contributed by atoms with Crippen molar-refractivity contribution in [3.8, 4) is 39.8 Å². The van der Waals surface area contributed by atoms with E-state index in [2.05, 4.69) is 33.4 Å². The minimum atomic E-state index is 0.491. The molecule has 0 saturated carbocycles. The first kappa shape index (κ1) is 23.3. The summed E-state index contributed by atoms with van der Waals surface area (Å²) in [5.74, 6) is 2.29. The van der Waals surface area contributed by atoms with E-state index in [0.29, 0.717) is 36.3 Å². The lowest BCUT2D eigenvalue weighted by atomic mass is 10.1. The Hall–Kier alpha value is -4.43. The lowest BCUT2D eigenvalue weighted by molar-refractivity contribution is 0.261. The molecule has 0 aliphatic rings. The Morgan fingerprint density at radius 1 is 0.833 bits per heavy atom.